The molecule has 8 nitrogen and oxygen atoms in total. The number of carbonyl (C=O) groups excluding carboxylic acids is 1. The number of H-pyrrole nitrogens is 1. The summed E-state index contributed by atoms with van der Waals surface area (Å²) in [4.78, 5) is 37.6. The molecule has 0 aliphatic carbocycles. The van der Waals surface area contributed by atoms with Crippen molar-refractivity contribution in [3.8, 4) is 0 Å². The van der Waals surface area contributed by atoms with E-state index >= 15 is 0 Å². The second-order valence-electron chi connectivity index (χ2n) is 7.74. The lowest BCUT2D eigenvalue weighted by atomic mass is 10.1. The Kier molecular flexibility index (Phi) is 5.03. The van der Waals surface area contributed by atoms with E-state index in [1.807, 2.05) is 41.1 Å². The first-order valence-corrected chi connectivity index (χ1v) is 10.4. The van der Waals surface area contributed by atoms with E-state index < -0.39 is 5.91 Å². The number of aromatic nitrogens is 5. The Labute approximate surface area is 183 Å². The normalized spacial score (nSPS) is 11.3. The van der Waals surface area contributed by atoms with E-state index in [0.29, 0.717) is 29.9 Å². The zero-order chi connectivity index (χ0) is 22.1. The molecule has 0 bridgehead atoms. The number of nitrogens with one attached hydrogen (secondary N) is 2. The SMILES string of the molecule is Cc1ccn(CCc2c[nH]c3ccccc23)c(=O)c1C(=O)NCc1cn2ccncc2n1. The van der Waals surface area contributed by atoms with E-state index in [9.17, 15) is 9.59 Å². The van der Waals surface area contributed by atoms with Gasteiger partial charge in [0.15, 0.2) is 5.65 Å². The van der Waals surface area contributed by atoms with Crippen LogP contribution in [0, 0.1) is 6.92 Å². The second kappa shape index (κ2) is 8.14. The minimum Gasteiger partial charge on any atom is -0.361 e. The number of hydrogen-bond donors (Lipinski definition) is 2. The molecule has 0 fully saturated rings. The number of benzene rings is 1. The van der Waals surface area contributed by atoms with E-state index in [1.54, 1.807) is 36.3 Å². The number of fused-ring (bicyclic) bond motifs is 2. The van der Waals surface area contributed by atoms with Crippen LogP contribution in [0.1, 0.15) is 27.2 Å². The topological polar surface area (TPSA) is 97.1 Å². The quantitative estimate of drug-likeness (QED) is 0.436. The van der Waals surface area contributed by atoms with Gasteiger partial charge in [-0.25, -0.2) is 4.98 Å². The van der Waals surface area contributed by atoms with Crippen molar-refractivity contribution in [2.75, 3.05) is 0 Å². The van der Waals surface area contributed by atoms with Crippen molar-refractivity contribution < 1.29 is 4.79 Å². The average Bonchev–Trinajstić information content (AvgIpc) is 3.41. The molecule has 0 aliphatic rings. The Morgan fingerprint density at radius 3 is 2.94 bits per heavy atom. The number of rotatable bonds is 6. The number of nitrogens with zero attached hydrogens (tertiary/aromatic N) is 4. The number of pyridine rings is 1. The summed E-state index contributed by atoms with van der Waals surface area (Å²) in [7, 11) is 0. The average molecular weight is 426 g/mol. The first-order chi connectivity index (χ1) is 15.6. The van der Waals surface area contributed by atoms with Crippen LogP contribution < -0.4 is 10.9 Å². The molecule has 5 rings (SSSR count). The molecular weight excluding hydrogens is 404 g/mol. The maximum atomic E-state index is 13.1. The van der Waals surface area contributed by atoms with Gasteiger partial charge in [-0.05, 0) is 36.6 Å². The summed E-state index contributed by atoms with van der Waals surface area (Å²) in [6.07, 6.45) is 11.3. The van der Waals surface area contributed by atoms with Crippen LogP contribution in [0.5, 0.6) is 0 Å². The lowest BCUT2D eigenvalue weighted by Gasteiger charge is -2.11. The minimum atomic E-state index is -0.399. The van der Waals surface area contributed by atoms with Crippen LogP contribution in [0.4, 0.5) is 0 Å². The Bertz CT molecular complexity index is 1460. The molecule has 1 amide bonds. The summed E-state index contributed by atoms with van der Waals surface area (Å²) in [5, 5.41) is 3.97. The molecule has 0 unspecified atom stereocenters. The summed E-state index contributed by atoms with van der Waals surface area (Å²) in [5.74, 6) is -0.399. The van der Waals surface area contributed by atoms with Crippen molar-refractivity contribution in [2.45, 2.75) is 26.4 Å². The van der Waals surface area contributed by atoms with E-state index in [2.05, 4.69) is 26.3 Å². The maximum Gasteiger partial charge on any atom is 0.263 e. The van der Waals surface area contributed by atoms with Crippen LogP contribution in [0.2, 0.25) is 0 Å². The van der Waals surface area contributed by atoms with Crippen LogP contribution in [0.15, 0.2) is 72.3 Å². The molecule has 0 saturated heterocycles. The predicted octanol–water partition coefficient (Wildman–Crippen LogP) is 2.85. The monoisotopic (exact) mass is 426 g/mol. The fourth-order valence-corrected chi connectivity index (χ4v) is 3.94. The first-order valence-electron chi connectivity index (χ1n) is 10.4. The molecule has 0 saturated carbocycles. The van der Waals surface area contributed by atoms with Gasteiger partial charge in [-0.2, -0.15) is 0 Å². The molecule has 1 aromatic carbocycles. The molecule has 5 aromatic rings. The van der Waals surface area contributed by atoms with Gasteiger partial charge in [0.05, 0.1) is 18.4 Å². The highest BCUT2D eigenvalue weighted by atomic mass is 16.2. The fourth-order valence-electron chi connectivity index (χ4n) is 3.94. The Morgan fingerprint density at radius 2 is 2.06 bits per heavy atom. The van der Waals surface area contributed by atoms with E-state index in [0.717, 1.165) is 16.5 Å². The van der Waals surface area contributed by atoms with E-state index in [1.165, 1.54) is 0 Å². The smallest absolute Gasteiger partial charge is 0.263 e. The van der Waals surface area contributed by atoms with Gasteiger partial charge in [-0.3, -0.25) is 14.6 Å². The molecule has 0 aliphatic heterocycles. The molecule has 0 spiro atoms. The molecule has 0 radical (unpaired) electrons. The van der Waals surface area contributed by atoms with Crippen molar-refractivity contribution in [3.05, 3.63) is 100 Å². The van der Waals surface area contributed by atoms with Gasteiger partial charge in [0.25, 0.3) is 11.5 Å². The lowest BCUT2D eigenvalue weighted by Crippen LogP contribution is -2.34. The number of para-hydroxylation sites is 1. The Balaban J connectivity index is 1.33. The summed E-state index contributed by atoms with van der Waals surface area (Å²) in [5.41, 5.74) is 4.13. The highest BCUT2D eigenvalue weighted by Gasteiger charge is 2.16. The van der Waals surface area contributed by atoms with Crippen molar-refractivity contribution >= 4 is 22.5 Å². The van der Waals surface area contributed by atoms with Gasteiger partial charge in [0.1, 0.15) is 5.56 Å². The van der Waals surface area contributed by atoms with Crippen molar-refractivity contribution in [1.29, 1.82) is 0 Å². The summed E-state index contributed by atoms with van der Waals surface area (Å²) >= 11 is 0. The third-order valence-electron chi connectivity index (χ3n) is 5.64. The highest BCUT2D eigenvalue weighted by molar-refractivity contribution is 5.95. The van der Waals surface area contributed by atoms with Crippen LogP contribution in [-0.4, -0.2) is 29.8 Å². The van der Waals surface area contributed by atoms with Gasteiger partial charge in [0.2, 0.25) is 0 Å². The van der Waals surface area contributed by atoms with Crippen molar-refractivity contribution in [3.63, 3.8) is 0 Å². The Morgan fingerprint density at radius 1 is 1.19 bits per heavy atom. The summed E-state index contributed by atoms with van der Waals surface area (Å²) in [6, 6.07) is 9.88. The molecule has 4 heterocycles. The first kappa shape index (κ1) is 19.7. The van der Waals surface area contributed by atoms with Gasteiger partial charge in [-0.1, -0.05) is 18.2 Å². The van der Waals surface area contributed by atoms with Crippen molar-refractivity contribution in [1.82, 2.24) is 29.2 Å². The van der Waals surface area contributed by atoms with Gasteiger partial charge in [0, 0.05) is 48.4 Å². The fraction of sp³-hybridized carbons (Fsp3) is 0.167. The second-order valence-corrected chi connectivity index (χ2v) is 7.74. The molecule has 2 N–H and O–H groups in total. The largest absolute Gasteiger partial charge is 0.361 e. The van der Waals surface area contributed by atoms with Crippen LogP contribution in [0.3, 0.4) is 0 Å². The minimum absolute atomic E-state index is 0.164. The van der Waals surface area contributed by atoms with E-state index in [-0.39, 0.29) is 17.7 Å². The summed E-state index contributed by atoms with van der Waals surface area (Å²) < 4.78 is 3.43. The van der Waals surface area contributed by atoms with Crippen LogP contribution in [0.25, 0.3) is 16.6 Å². The third-order valence-corrected chi connectivity index (χ3v) is 5.64. The number of imidazole rings is 1. The molecule has 32 heavy (non-hydrogen) atoms. The van der Waals surface area contributed by atoms with Crippen molar-refractivity contribution in [2.24, 2.45) is 0 Å². The number of carbonyl (C=O) groups is 1. The van der Waals surface area contributed by atoms with Crippen LogP contribution >= 0.6 is 0 Å². The van der Waals surface area contributed by atoms with E-state index in [4.69, 9.17) is 0 Å². The number of amides is 1. The number of aromatic amines is 1. The van der Waals surface area contributed by atoms with Crippen LogP contribution in [-0.2, 0) is 19.5 Å². The molecular formula is C24H22N6O2. The zero-order valence-corrected chi connectivity index (χ0v) is 17.6. The molecule has 0 atom stereocenters. The molecule has 160 valence electrons. The summed E-state index contributed by atoms with van der Waals surface area (Å²) in [6.45, 7) is 2.49. The maximum absolute atomic E-state index is 13.1. The molecule has 4 aromatic heterocycles. The third kappa shape index (κ3) is 3.66. The Hall–Kier alpha value is -4.20. The number of hydrogen-bond acceptors (Lipinski definition) is 4. The van der Waals surface area contributed by atoms with Gasteiger partial charge >= 0.3 is 0 Å². The standard InChI is InChI=1S/C24H22N6O2/c1-16-6-9-29(10-7-17-12-26-20-5-3-2-4-19(17)20)24(32)22(16)23(31)27-13-18-15-30-11-8-25-14-21(30)28-18/h2-6,8-9,11-12,14-15,26H,7,10,13H2,1H3,(H,27,31). The van der Waals surface area contributed by atoms with Gasteiger partial charge < -0.3 is 19.3 Å². The zero-order valence-electron chi connectivity index (χ0n) is 17.6. The lowest BCUT2D eigenvalue weighted by molar-refractivity contribution is 0.0947. The highest BCUT2D eigenvalue weighted by Crippen LogP contribution is 2.18. The number of aryl methyl sites for hydroxylation is 3. The predicted molar refractivity (Wildman–Crippen MR) is 122 cm³/mol. The van der Waals surface area contributed by atoms with Gasteiger partial charge in [-0.15, -0.1) is 0 Å². The molecule has 8 heteroatoms.